The smallest absolute Gasteiger partial charge is 0.254 e. The maximum absolute atomic E-state index is 13.1. The molecule has 0 aromatic heterocycles. The highest BCUT2D eigenvalue weighted by Crippen LogP contribution is 2.20. The Morgan fingerprint density at radius 1 is 0.778 bits per heavy atom. The van der Waals surface area contributed by atoms with Crippen LogP contribution < -0.4 is 0 Å². The highest BCUT2D eigenvalue weighted by Gasteiger charge is 2.26. The Balaban J connectivity index is 1.88. The number of rotatable bonds is 3. The molecule has 0 N–H and O–H groups in total. The first-order valence-corrected chi connectivity index (χ1v) is 9.14. The van der Waals surface area contributed by atoms with Crippen LogP contribution in [-0.4, -0.2) is 53.6 Å². The van der Waals surface area contributed by atoms with Gasteiger partial charge in [0.15, 0.2) is 5.78 Å². The van der Waals surface area contributed by atoms with E-state index in [0.29, 0.717) is 42.9 Å². The van der Waals surface area contributed by atoms with Crippen LogP contribution in [0.5, 0.6) is 0 Å². The number of aryl methyl sites for hydroxylation is 2. The van der Waals surface area contributed by atoms with Crippen LogP contribution in [0, 0.1) is 13.8 Å². The van der Waals surface area contributed by atoms with Gasteiger partial charge in [0.1, 0.15) is 0 Å². The van der Waals surface area contributed by atoms with Crippen molar-refractivity contribution in [1.82, 2.24) is 9.80 Å². The van der Waals surface area contributed by atoms with Crippen LogP contribution in [0.3, 0.4) is 0 Å². The zero-order chi connectivity index (χ0) is 19.6. The van der Waals surface area contributed by atoms with Gasteiger partial charge in [-0.3, -0.25) is 14.4 Å². The van der Waals surface area contributed by atoms with Crippen molar-refractivity contribution >= 4 is 17.6 Å². The Morgan fingerprint density at radius 3 is 2.00 bits per heavy atom. The molecule has 5 heteroatoms. The number of benzene rings is 2. The van der Waals surface area contributed by atoms with Crippen LogP contribution in [0.2, 0.25) is 0 Å². The second kappa shape index (κ2) is 7.74. The van der Waals surface area contributed by atoms with Gasteiger partial charge in [-0.15, -0.1) is 0 Å². The first-order valence-electron chi connectivity index (χ1n) is 9.14. The van der Waals surface area contributed by atoms with Gasteiger partial charge in [0, 0.05) is 44.2 Å². The molecule has 2 aromatic carbocycles. The molecule has 0 bridgehead atoms. The topological polar surface area (TPSA) is 57.7 Å². The second-order valence-electron chi connectivity index (χ2n) is 6.99. The molecule has 1 heterocycles. The van der Waals surface area contributed by atoms with E-state index in [1.54, 1.807) is 34.1 Å². The zero-order valence-electron chi connectivity index (χ0n) is 16.0. The predicted octanol–water partition coefficient (Wildman–Crippen LogP) is 2.84. The van der Waals surface area contributed by atoms with Crippen LogP contribution in [-0.2, 0) is 4.79 Å². The van der Waals surface area contributed by atoms with Crippen molar-refractivity contribution in [2.24, 2.45) is 0 Å². The third-order valence-corrected chi connectivity index (χ3v) is 5.05. The van der Waals surface area contributed by atoms with E-state index in [-0.39, 0.29) is 17.6 Å². The molecule has 0 saturated carbocycles. The summed E-state index contributed by atoms with van der Waals surface area (Å²) in [5.74, 6) is -0.275. The van der Waals surface area contributed by atoms with Crippen LogP contribution in [0.1, 0.15) is 44.3 Å². The summed E-state index contributed by atoms with van der Waals surface area (Å²) < 4.78 is 0. The average Bonchev–Trinajstić information content (AvgIpc) is 2.68. The van der Waals surface area contributed by atoms with Crippen LogP contribution in [0.15, 0.2) is 42.5 Å². The molecule has 27 heavy (non-hydrogen) atoms. The third-order valence-electron chi connectivity index (χ3n) is 5.05. The molecule has 0 spiro atoms. The first-order chi connectivity index (χ1) is 12.9. The lowest BCUT2D eigenvalue weighted by atomic mass is 9.94. The largest absolute Gasteiger partial charge is 0.339 e. The lowest BCUT2D eigenvalue weighted by molar-refractivity contribution is -0.130. The van der Waals surface area contributed by atoms with Gasteiger partial charge in [-0.25, -0.2) is 0 Å². The summed E-state index contributed by atoms with van der Waals surface area (Å²) in [5.41, 5.74) is 3.36. The van der Waals surface area contributed by atoms with Crippen LogP contribution >= 0.6 is 0 Å². The molecule has 0 atom stereocenters. The van der Waals surface area contributed by atoms with Crippen LogP contribution in [0.25, 0.3) is 0 Å². The molecule has 0 aliphatic carbocycles. The highest BCUT2D eigenvalue weighted by atomic mass is 16.2. The summed E-state index contributed by atoms with van der Waals surface area (Å²) in [5, 5.41) is 0. The van der Waals surface area contributed by atoms with Gasteiger partial charge in [0.05, 0.1) is 5.56 Å². The van der Waals surface area contributed by atoms with Gasteiger partial charge in [0.25, 0.3) is 5.91 Å². The number of carbonyl (C=O) groups is 3. The highest BCUT2D eigenvalue weighted by molar-refractivity contribution is 6.16. The van der Waals surface area contributed by atoms with Crippen molar-refractivity contribution in [2.45, 2.75) is 20.8 Å². The van der Waals surface area contributed by atoms with Gasteiger partial charge in [-0.2, -0.15) is 0 Å². The van der Waals surface area contributed by atoms with Gasteiger partial charge in [0.2, 0.25) is 5.91 Å². The molecule has 1 fully saturated rings. The second-order valence-corrected chi connectivity index (χ2v) is 6.99. The summed E-state index contributed by atoms with van der Waals surface area (Å²) in [4.78, 5) is 41.1. The number of amides is 2. The van der Waals surface area contributed by atoms with E-state index in [1.165, 1.54) is 6.92 Å². The molecular formula is C22H24N2O3. The van der Waals surface area contributed by atoms with Crippen LogP contribution in [0.4, 0.5) is 0 Å². The fourth-order valence-corrected chi connectivity index (χ4v) is 3.39. The molecule has 3 rings (SSSR count). The maximum atomic E-state index is 13.1. The molecule has 0 radical (unpaired) electrons. The molecule has 0 unspecified atom stereocenters. The fraction of sp³-hybridized carbons (Fsp3) is 0.318. The van der Waals surface area contributed by atoms with Gasteiger partial charge in [-0.05, 0) is 31.5 Å². The van der Waals surface area contributed by atoms with Gasteiger partial charge < -0.3 is 9.80 Å². The van der Waals surface area contributed by atoms with E-state index < -0.39 is 0 Å². The Bertz CT molecular complexity index is 896. The van der Waals surface area contributed by atoms with Crippen molar-refractivity contribution in [2.75, 3.05) is 26.2 Å². The molecule has 1 saturated heterocycles. The summed E-state index contributed by atoms with van der Waals surface area (Å²) >= 11 is 0. The van der Waals surface area contributed by atoms with E-state index in [2.05, 4.69) is 0 Å². The number of hydrogen-bond acceptors (Lipinski definition) is 3. The number of hydrogen-bond donors (Lipinski definition) is 0. The van der Waals surface area contributed by atoms with E-state index >= 15 is 0 Å². The summed E-state index contributed by atoms with van der Waals surface area (Å²) in [7, 11) is 0. The van der Waals surface area contributed by atoms with E-state index in [1.807, 2.05) is 32.0 Å². The van der Waals surface area contributed by atoms with E-state index in [0.717, 1.165) is 11.1 Å². The molecule has 2 amide bonds. The summed E-state index contributed by atoms with van der Waals surface area (Å²) in [6.45, 7) is 7.38. The molecule has 1 aliphatic heterocycles. The molecule has 5 nitrogen and oxygen atoms in total. The van der Waals surface area contributed by atoms with E-state index in [9.17, 15) is 14.4 Å². The maximum Gasteiger partial charge on any atom is 0.254 e. The van der Waals surface area contributed by atoms with E-state index in [4.69, 9.17) is 0 Å². The molecule has 1 aliphatic rings. The Morgan fingerprint density at radius 2 is 1.37 bits per heavy atom. The normalized spacial score (nSPS) is 14.2. The quantitative estimate of drug-likeness (QED) is 0.787. The number of ketones is 1. The van der Waals surface area contributed by atoms with Crippen molar-refractivity contribution in [3.8, 4) is 0 Å². The molecule has 140 valence electrons. The van der Waals surface area contributed by atoms with Crippen molar-refractivity contribution in [1.29, 1.82) is 0 Å². The lowest BCUT2D eigenvalue weighted by Gasteiger charge is -2.34. The Hall–Kier alpha value is -2.95. The summed E-state index contributed by atoms with van der Waals surface area (Å²) in [6, 6.07) is 12.7. The van der Waals surface area contributed by atoms with Gasteiger partial charge >= 0.3 is 0 Å². The average molecular weight is 364 g/mol. The number of carbonyl (C=O) groups excluding carboxylic acids is 3. The summed E-state index contributed by atoms with van der Waals surface area (Å²) in [6.07, 6.45) is 0. The SMILES string of the molecule is CC(=O)N1CCN(C(=O)c2ccccc2C(=O)c2cc(C)ccc2C)CC1. The molecule has 2 aromatic rings. The van der Waals surface area contributed by atoms with Gasteiger partial charge in [-0.1, -0.05) is 35.9 Å². The molecular weight excluding hydrogens is 340 g/mol. The van der Waals surface area contributed by atoms with Crippen molar-refractivity contribution < 1.29 is 14.4 Å². The third kappa shape index (κ3) is 3.92. The standard InChI is InChI=1S/C22H24N2O3/c1-15-8-9-16(2)20(14-15)21(26)18-6-4-5-7-19(18)22(27)24-12-10-23(11-13-24)17(3)25/h4-9,14H,10-13H2,1-3H3. The minimum absolute atomic E-state index is 0.0209. The number of nitrogens with zero attached hydrogens (tertiary/aromatic N) is 2. The monoisotopic (exact) mass is 364 g/mol. The number of piperazine rings is 1. The lowest BCUT2D eigenvalue weighted by Crippen LogP contribution is -2.50. The Kier molecular flexibility index (Phi) is 5.40. The minimum atomic E-state index is -0.160. The first kappa shape index (κ1) is 18.8. The zero-order valence-corrected chi connectivity index (χ0v) is 16.0. The fourth-order valence-electron chi connectivity index (χ4n) is 3.39. The predicted molar refractivity (Wildman–Crippen MR) is 104 cm³/mol. The van der Waals surface area contributed by atoms with Crippen molar-refractivity contribution in [3.63, 3.8) is 0 Å². The Labute approximate surface area is 159 Å². The minimum Gasteiger partial charge on any atom is -0.339 e. The van der Waals surface area contributed by atoms with Crippen molar-refractivity contribution in [3.05, 3.63) is 70.3 Å².